The van der Waals surface area contributed by atoms with Crippen LogP contribution in [0.15, 0.2) is 72.8 Å². The van der Waals surface area contributed by atoms with Crippen molar-refractivity contribution in [3.8, 4) is 11.5 Å². The Balaban J connectivity index is 1.71. The summed E-state index contributed by atoms with van der Waals surface area (Å²) in [6.45, 7) is 12.0. The average molecular weight is 638 g/mol. The normalized spacial score (nSPS) is 15.9. The number of piperazine rings is 1. The van der Waals surface area contributed by atoms with E-state index < -0.39 is 29.5 Å². The lowest BCUT2D eigenvalue weighted by molar-refractivity contribution is -0.137. The Hall–Kier alpha value is -4.11. The second-order valence-corrected chi connectivity index (χ2v) is 12.8. The van der Waals surface area contributed by atoms with Gasteiger partial charge >= 0.3 is 6.09 Å². The molecule has 0 aromatic heterocycles. The number of nitrogens with zero attached hydrogens (tertiary/aromatic N) is 3. The zero-order valence-corrected chi connectivity index (χ0v) is 27.4. The Morgan fingerprint density at radius 1 is 0.978 bits per heavy atom. The quantitative estimate of drug-likeness (QED) is 0.242. The van der Waals surface area contributed by atoms with Crippen LogP contribution in [0, 0.1) is 18.7 Å². The highest BCUT2D eigenvalue weighted by Crippen LogP contribution is 2.36. The van der Waals surface area contributed by atoms with Crippen LogP contribution in [0.3, 0.4) is 0 Å². The van der Waals surface area contributed by atoms with E-state index in [4.69, 9.17) is 21.1 Å². The van der Waals surface area contributed by atoms with Crippen LogP contribution in [-0.2, 0) is 14.3 Å². The van der Waals surface area contributed by atoms with Crippen LogP contribution >= 0.6 is 11.6 Å². The molecule has 1 fully saturated rings. The summed E-state index contributed by atoms with van der Waals surface area (Å²) < 4.78 is 25.7. The molecule has 0 radical (unpaired) electrons. The van der Waals surface area contributed by atoms with E-state index in [0.717, 1.165) is 0 Å². The number of halogens is 2. The third-order valence-electron chi connectivity index (χ3n) is 7.60. The molecule has 1 saturated heterocycles. The fourth-order valence-electron chi connectivity index (χ4n) is 5.42. The number of hydrogen-bond donors (Lipinski definition) is 0. The molecule has 240 valence electrons. The number of carbonyl (C=O) groups is 3. The van der Waals surface area contributed by atoms with Gasteiger partial charge in [-0.25, -0.2) is 9.18 Å². The van der Waals surface area contributed by atoms with Crippen LogP contribution < -0.4 is 9.64 Å². The highest BCUT2D eigenvalue weighted by Gasteiger charge is 2.41. The van der Waals surface area contributed by atoms with Gasteiger partial charge in [-0.1, -0.05) is 44.2 Å². The molecule has 0 bridgehead atoms. The Labute approximate surface area is 269 Å². The number of aryl methyl sites for hydroxylation is 1. The van der Waals surface area contributed by atoms with Crippen LogP contribution in [0.2, 0.25) is 0 Å². The minimum absolute atomic E-state index is 0.0115. The van der Waals surface area contributed by atoms with Gasteiger partial charge in [-0.2, -0.15) is 0 Å². The predicted octanol–water partition coefficient (Wildman–Crippen LogP) is 7.34. The van der Waals surface area contributed by atoms with Gasteiger partial charge in [-0.15, -0.1) is 11.6 Å². The van der Waals surface area contributed by atoms with Crippen LogP contribution in [0.5, 0.6) is 11.5 Å². The van der Waals surface area contributed by atoms with E-state index in [9.17, 15) is 18.8 Å². The zero-order valence-electron chi connectivity index (χ0n) is 26.6. The van der Waals surface area contributed by atoms with Gasteiger partial charge in [-0.05, 0) is 87.2 Å². The Morgan fingerprint density at radius 3 is 2.22 bits per heavy atom. The van der Waals surface area contributed by atoms with Gasteiger partial charge in [0.25, 0.3) is 5.91 Å². The average Bonchev–Trinajstić information content (AvgIpc) is 2.99. The van der Waals surface area contributed by atoms with E-state index in [0.29, 0.717) is 28.3 Å². The van der Waals surface area contributed by atoms with Crippen molar-refractivity contribution in [2.45, 2.75) is 59.2 Å². The maximum Gasteiger partial charge on any atom is 0.410 e. The summed E-state index contributed by atoms with van der Waals surface area (Å²) >= 11 is 6.15. The smallest absolute Gasteiger partial charge is 0.410 e. The van der Waals surface area contributed by atoms with Crippen LogP contribution in [0.25, 0.3) is 0 Å². The molecule has 45 heavy (non-hydrogen) atoms. The van der Waals surface area contributed by atoms with Gasteiger partial charge in [0, 0.05) is 25.3 Å². The molecule has 3 aromatic rings. The number of para-hydroxylation sites is 1. The first-order valence-electron chi connectivity index (χ1n) is 15.0. The van der Waals surface area contributed by atoms with Gasteiger partial charge in [0.05, 0.1) is 6.04 Å². The van der Waals surface area contributed by atoms with Crippen molar-refractivity contribution in [2.75, 3.05) is 30.4 Å². The maximum atomic E-state index is 14.5. The topological polar surface area (TPSA) is 79.4 Å². The van der Waals surface area contributed by atoms with E-state index in [1.165, 1.54) is 29.2 Å². The molecule has 10 heteroatoms. The number of ether oxygens (including phenoxy) is 2. The number of amides is 3. The van der Waals surface area contributed by atoms with Crippen molar-refractivity contribution >= 4 is 35.2 Å². The molecule has 0 N–H and O–H groups in total. The lowest BCUT2D eigenvalue weighted by Crippen LogP contribution is -2.60. The Bertz CT molecular complexity index is 1490. The van der Waals surface area contributed by atoms with E-state index in [-0.39, 0.29) is 43.4 Å². The molecule has 0 saturated carbocycles. The summed E-state index contributed by atoms with van der Waals surface area (Å²) in [6.07, 6.45) is -0.434. The molecule has 1 aliphatic heterocycles. The molecule has 0 unspecified atom stereocenters. The molecule has 3 amide bonds. The van der Waals surface area contributed by atoms with Gasteiger partial charge in [-0.3, -0.25) is 14.5 Å². The molecular weight excluding hydrogens is 597 g/mol. The van der Waals surface area contributed by atoms with E-state index in [1.807, 2.05) is 71.9 Å². The first-order valence-corrected chi connectivity index (χ1v) is 15.6. The number of alkyl halides is 1. The summed E-state index contributed by atoms with van der Waals surface area (Å²) in [4.78, 5) is 46.0. The number of benzene rings is 3. The largest absolute Gasteiger partial charge is 0.457 e. The summed E-state index contributed by atoms with van der Waals surface area (Å²) in [5.41, 5.74) is 0.911. The van der Waals surface area contributed by atoms with Crippen LogP contribution in [-0.4, -0.2) is 64.9 Å². The van der Waals surface area contributed by atoms with E-state index >= 15 is 0 Å². The van der Waals surface area contributed by atoms with Crippen LogP contribution in [0.1, 0.15) is 51.8 Å². The van der Waals surface area contributed by atoms with Crippen molar-refractivity contribution < 1.29 is 28.2 Å². The van der Waals surface area contributed by atoms with Crippen molar-refractivity contribution in [3.63, 3.8) is 0 Å². The fourth-order valence-corrected chi connectivity index (χ4v) is 5.55. The summed E-state index contributed by atoms with van der Waals surface area (Å²) in [5.74, 6) is -0.479. The van der Waals surface area contributed by atoms with Crippen molar-refractivity contribution in [2.24, 2.45) is 5.92 Å². The minimum atomic E-state index is -1.14. The van der Waals surface area contributed by atoms with E-state index in [2.05, 4.69) is 0 Å². The first-order chi connectivity index (χ1) is 21.3. The molecule has 1 heterocycles. The standard InChI is InChI=1S/C35H41ClFN3O5/c1-23(2)30-22-38(18-19-39(30)34(43)45-35(4,5)6)33(42)32(25-12-14-26(37)15-13-25)40(31(41)21-36)29-17-16-28(20-24(29)3)44-27-10-8-7-9-11-27/h7-17,20,23,30,32H,18-19,21-22H2,1-6H3/t30-,32+/m0/s1. The third kappa shape index (κ3) is 8.34. The van der Waals surface area contributed by atoms with Crippen molar-refractivity contribution in [1.29, 1.82) is 0 Å². The third-order valence-corrected chi connectivity index (χ3v) is 7.82. The summed E-state index contributed by atoms with van der Waals surface area (Å²) in [7, 11) is 0. The number of rotatable bonds is 8. The molecule has 8 nitrogen and oxygen atoms in total. The number of carbonyl (C=O) groups excluding carboxylic acids is 3. The van der Waals surface area contributed by atoms with Crippen molar-refractivity contribution in [1.82, 2.24) is 9.80 Å². The van der Waals surface area contributed by atoms with Gasteiger partial charge in [0.1, 0.15) is 34.8 Å². The van der Waals surface area contributed by atoms with Gasteiger partial charge in [0.15, 0.2) is 0 Å². The van der Waals surface area contributed by atoms with Crippen molar-refractivity contribution in [3.05, 3.63) is 89.7 Å². The molecule has 3 aromatic carbocycles. The fraction of sp³-hybridized carbons (Fsp3) is 0.400. The number of anilines is 1. The molecule has 2 atom stereocenters. The molecule has 0 aliphatic carbocycles. The zero-order chi connectivity index (χ0) is 32.9. The lowest BCUT2D eigenvalue weighted by atomic mass is 9.97. The highest BCUT2D eigenvalue weighted by molar-refractivity contribution is 6.30. The molecule has 1 aliphatic rings. The first kappa shape index (κ1) is 33.8. The van der Waals surface area contributed by atoms with Gasteiger partial charge < -0.3 is 19.3 Å². The maximum absolute atomic E-state index is 14.5. The molecular formula is C35H41ClFN3O5. The Morgan fingerprint density at radius 2 is 1.64 bits per heavy atom. The second kappa shape index (κ2) is 14.3. The predicted molar refractivity (Wildman–Crippen MR) is 173 cm³/mol. The second-order valence-electron chi connectivity index (χ2n) is 12.5. The molecule has 4 rings (SSSR count). The number of hydrogen-bond acceptors (Lipinski definition) is 5. The summed E-state index contributed by atoms with van der Waals surface area (Å²) in [6, 6.07) is 18.6. The van der Waals surface area contributed by atoms with Gasteiger partial charge in [0.2, 0.25) is 5.91 Å². The highest BCUT2D eigenvalue weighted by atomic mass is 35.5. The monoisotopic (exact) mass is 637 g/mol. The van der Waals surface area contributed by atoms with E-state index in [1.54, 1.807) is 28.0 Å². The molecule has 0 spiro atoms. The Kier molecular flexibility index (Phi) is 10.8. The lowest BCUT2D eigenvalue weighted by Gasteiger charge is -2.45. The SMILES string of the molecule is Cc1cc(Oc2ccccc2)ccc1N(C(=O)CCl)[C@@H](C(=O)N1CCN(C(=O)OC(C)(C)C)[C@H](C(C)C)C1)c1ccc(F)cc1. The minimum Gasteiger partial charge on any atom is -0.457 e. The summed E-state index contributed by atoms with van der Waals surface area (Å²) in [5, 5.41) is 0. The van der Waals surface area contributed by atoms with Crippen LogP contribution in [0.4, 0.5) is 14.9 Å².